The zero-order chi connectivity index (χ0) is 19.6. The predicted molar refractivity (Wildman–Crippen MR) is 103 cm³/mol. The van der Waals surface area contributed by atoms with Gasteiger partial charge in [-0.3, -0.25) is 14.5 Å². The van der Waals surface area contributed by atoms with Crippen molar-refractivity contribution in [2.75, 3.05) is 13.7 Å². The summed E-state index contributed by atoms with van der Waals surface area (Å²) in [6, 6.07) is 9.59. The standard InChI is InChI=1S/C22H29NO4/c1-4-14(2)21(25)18-11-16-10-17(12-20(18)23(16)3)27-22(26)19(13-24)15-8-6-5-7-9-15/h4-9,16-20,24H,10-13H2,1-3H3/b14-4+/t16?,17?,18?,19-,20?/m1/s1. The first-order valence-electron chi connectivity index (χ1n) is 9.71. The van der Waals surface area contributed by atoms with Crippen LogP contribution in [0, 0.1) is 5.92 Å². The predicted octanol–water partition coefficient (Wildman–Crippen LogP) is 2.69. The topological polar surface area (TPSA) is 66.8 Å². The fraction of sp³-hybridized carbons (Fsp3) is 0.545. The van der Waals surface area contributed by atoms with Crippen LogP contribution < -0.4 is 0 Å². The van der Waals surface area contributed by atoms with Crippen molar-refractivity contribution in [3.05, 3.63) is 47.5 Å². The number of benzene rings is 1. The summed E-state index contributed by atoms with van der Waals surface area (Å²) in [4.78, 5) is 27.6. The molecule has 0 aliphatic carbocycles. The Kier molecular flexibility index (Phi) is 6.12. The van der Waals surface area contributed by atoms with Gasteiger partial charge in [-0.05, 0) is 38.5 Å². The third-order valence-electron chi connectivity index (χ3n) is 6.24. The highest BCUT2D eigenvalue weighted by molar-refractivity contribution is 5.97. The third kappa shape index (κ3) is 3.99. The molecule has 0 saturated carbocycles. The maximum atomic E-state index is 12.7. The van der Waals surface area contributed by atoms with E-state index in [0.29, 0.717) is 6.42 Å². The van der Waals surface area contributed by atoms with Gasteiger partial charge in [0.2, 0.25) is 0 Å². The molecule has 0 aromatic heterocycles. The molecular formula is C22H29NO4. The molecule has 2 saturated heterocycles. The summed E-state index contributed by atoms with van der Waals surface area (Å²) in [6.07, 6.45) is 3.89. The Morgan fingerprint density at radius 3 is 2.59 bits per heavy atom. The molecule has 1 N–H and O–H groups in total. The number of esters is 1. The number of allylic oxidation sites excluding steroid dienone is 2. The molecule has 2 heterocycles. The second kappa shape index (κ2) is 8.36. The lowest BCUT2D eigenvalue weighted by Crippen LogP contribution is -2.45. The van der Waals surface area contributed by atoms with Gasteiger partial charge in [0.1, 0.15) is 12.0 Å². The monoisotopic (exact) mass is 371 g/mol. The number of rotatable bonds is 6. The Morgan fingerprint density at radius 1 is 1.26 bits per heavy atom. The van der Waals surface area contributed by atoms with Crippen molar-refractivity contribution in [3.8, 4) is 0 Å². The molecule has 2 fully saturated rings. The van der Waals surface area contributed by atoms with E-state index in [1.54, 1.807) is 0 Å². The first-order chi connectivity index (χ1) is 13.0. The molecule has 0 spiro atoms. The van der Waals surface area contributed by atoms with E-state index in [1.807, 2.05) is 50.3 Å². The largest absolute Gasteiger partial charge is 0.462 e. The maximum absolute atomic E-state index is 12.7. The lowest BCUT2D eigenvalue weighted by molar-refractivity contribution is -0.155. The van der Waals surface area contributed by atoms with Crippen molar-refractivity contribution >= 4 is 11.8 Å². The summed E-state index contributed by atoms with van der Waals surface area (Å²) in [5.41, 5.74) is 1.57. The summed E-state index contributed by atoms with van der Waals surface area (Å²) in [7, 11) is 2.06. The number of piperidine rings is 1. The number of hydrogen-bond donors (Lipinski definition) is 1. The van der Waals surface area contributed by atoms with Crippen molar-refractivity contribution in [3.63, 3.8) is 0 Å². The average molecular weight is 371 g/mol. The highest BCUT2D eigenvalue weighted by Gasteiger charge is 2.48. The number of ether oxygens (including phenoxy) is 1. The van der Waals surface area contributed by atoms with Crippen molar-refractivity contribution in [1.29, 1.82) is 0 Å². The zero-order valence-electron chi connectivity index (χ0n) is 16.3. The number of fused-ring (bicyclic) bond motifs is 2. The van der Waals surface area contributed by atoms with E-state index in [-0.39, 0.29) is 42.5 Å². The number of ketones is 1. The number of aliphatic hydroxyl groups excluding tert-OH is 1. The number of hydrogen-bond acceptors (Lipinski definition) is 5. The number of Topliss-reactive ketones (excluding diaryl/α,β-unsaturated/α-hetero) is 1. The Morgan fingerprint density at radius 2 is 1.96 bits per heavy atom. The van der Waals surface area contributed by atoms with Crippen molar-refractivity contribution in [2.45, 2.75) is 57.2 Å². The highest BCUT2D eigenvalue weighted by atomic mass is 16.5. The van der Waals surface area contributed by atoms with Crippen LogP contribution in [0.5, 0.6) is 0 Å². The smallest absolute Gasteiger partial charge is 0.316 e. The van der Waals surface area contributed by atoms with Crippen LogP contribution >= 0.6 is 0 Å². The molecule has 1 aromatic rings. The molecule has 146 valence electrons. The van der Waals surface area contributed by atoms with Gasteiger partial charge in [-0.2, -0.15) is 0 Å². The van der Waals surface area contributed by atoms with Crippen LogP contribution in [0.3, 0.4) is 0 Å². The molecule has 2 aliphatic rings. The van der Waals surface area contributed by atoms with Crippen molar-refractivity contribution in [2.24, 2.45) is 5.92 Å². The van der Waals surface area contributed by atoms with E-state index in [4.69, 9.17) is 4.74 Å². The molecule has 0 radical (unpaired) electrons. The van der Waals surface area contributed by atoms with Crippen LogP contribution in [0.25, 0.3) is 0 Å². The molecule has 5 heteroatoms. The number of aliphatic hydroxyl groups is 1. The summed E-state index contributed by atoms with van der Waals surface area (Å²) in [6.45, 7) is 3.49. The van der Waals surface area contributed by atoms with Crippen LogP contribution in [0.4, 0.5) is 0 Å². The second-order valence-corrected chi connectivity index (χ2v) is 7.74. The van der Waals surface area contributed by atoms with Gasteiger partial charge in [0, 0.05) is 30.8 Å². The number of carbonyl (C=O) groups excluding carboxylic acids is 2. The Hall–Kier alpha value is -1.98. The van der Waals surface area contributed by atoms with Gasteiger partial charge in [0.05, 0.1) is 6.61 Å². The first-order valence-corrected chi connectivity index (χ1v) is 9.71. The second-order valence-electron chi connectivity index (χ2n) is 7.74. The SMILES string of the molecule is C/C=C(\C)C(=O)C1CC2CC(OC(=O)[C@H](CO)c3ccccc3)CC1N2C. The molecule has 0 amide bonds. The first kappa shape index (κ1) is 19.8. The molecule has 5 atom stereocenters. The van der Waals surface area contributed by atoms with Gasteiger partial charge in [0.25, 0.3) is 0 Å². The van der Waals surface area contributed by atoms with E-state index in [2.05, 4.69) is 11.9 Å². The molecule has 1 aromatic carbocycles. The maximum Gasteiger partial charge on any atom is 0.316 e. The van der Waals surface area contributed by atoms with Crippen LogP contribution in [0.2, 0.25) is 0 Å². The lowest BCUT2D eigenvalue weighted by atomic mass is 9.89. The molecule has 2 aliphatic heterocycles. The number of carbonyl (C=O) groups is 2. The lowest BCUT2D eigenvalue weighted by Gasteiger charge is -2.37. The summed E-state index contributed by atoms with van der Waals surface area (Å²) in [5, 5.41) is 9.68. The summed E-state index contributed by atoms with van der Waals surface area (Å²) < 4.78 is 5.79. The minimum absolute atomic E-state index is 0.0253. The summed E-state index contributed by atoms with van der Waals surface area (Å²) >= 11 is 0. The van der Waals surface area contributed by atoms with Crippen molar-refractivity contribution in [1.82, 2.24) is 4.90 Å². The molecule has 4 unspecified atom stereocenters. The van der Waals surface area contributed by atoms with Gasteiger partial charge < -0.3 is 9.84 Å². The van der Waals surface area contributed by atoms with Gasteiger partial charge in [-0.15, -0.1) is 0 Å². The van der Waals surface area contributed by atoms with Gasteiger partial charge in [-0.25, -0.2) is 0 Å². The van der Waals surface area contributed by atoms with E-state index in [9.17, 15) is 14.7 Å². The van der Waals surface area contributed by atoms with Gasteiger partial charge in [-0.1, -0.05) is 36.4 Å². The van der Waals surface area contributed by atoms with Gasteiger partial charge >= 0.3 is 5.97 Å². The zero-order valence-corrected chi connectivity index (χ0v) is 16.3. The van der Waals surface area contributed by atoms with Crippen molar-refractivity contribution < 1.29 is 19.4 Å². The third-order valence-corrected chi connectivity index (χ3v) is 6.24. The van der Waals surface area contributed by atoms with E-state index in [1.165, 1.54) is 0 Å². The van der Waals surface area contributed by atoms with Crippen LogP contribution in [0.1, 0.15) is 44.6 Å². The minimum Gasteiger partial charge on any atom is -0.462 e. The minimum atomic E-state index is -0.661. The van der Waals surface area contributed by atoms with Gasteiger partial charge in [0.15, 0.2) is 5.78 Å². The van der Waals surface area contributed by atoms with E-state index < -0.39 is 5.92 Å². The Labute approximate surface area is 161 Å². The molecule has 2 bridgehead atoms. The van der Waals surface area contributed by atoms with Crippen LogP contribution in [-0.4, -0.2) is 53.6 Å². The fourth-order valence-electron chi connectivity index (χ4n) is 4.49. The Bertz CT molecular complexity index is 714. The van der Waals surface area contributed by atoms with E-state index in [0.717, 1.165) is 24.0 Å². The van der Waals surface area contributed by atoms with Crippen LogP contribution in [-0.2, 0) is 14.3 Å². The molecule has 5 nitrogen and oxygen atoms in total. The van der Waals surface area contributed by atoms with Crippen LogP contribution in [0.15, 0.2) is 42.0 Å². The average Bonchev–Trinajstić information content (AvgIpc) is 2.86. The number of nitrogens with zero attached hydrogens (tertiary/aromatic N) is 1. The fourth-order valence-corrected chi connectivity index (χ4v) is 4.49. The molecular weight excluding hydrogens is 342 g/mol. The molecule has 27 heavy (non-hydrogen) atoms. The highest BCUT2D eigenvalue weighted by Crippen LogP contribution is 2.41. The van der Waals surface area contributed by atoms with E-state index >= 15 is 0 Å². The summed E-state index contributed by atoms with van der Waals surface area (Å²) in [5.74, 6) is -0.861. The quantitative estimate of drug-likeness (QED) is 0.615. The molecule has 3 rings (SSSR count). The normalized spacial score (nSPS) is 29.4. The Balaban J connectivity index is 1.68.